The highest BCUT2D eigenvalue weighted by molar-refractivity contribution is 6.31. The normalized spacial score (nSPS) is 34.1. The molecule has 6 rings (SSSR count). The van der Waals surface area contributed by atoms with Crippen molar-refractivity contribution in [2.45, 2.75) is 70.4 Å². The van der Waals surface area contributed by atoms with Crippen LogP contribution < -0.4 is 4.74 Å². The number of carbonyl (C=O) groups is 2. The molecule has 1 saturated heterocycles. The zero-order chi connectivity index (χ0) is 24.0. The van der Waals surface area contributed by atoms with Crippen LogP contribution in [0.3, 0.4) is 0 Å². The van der Waals surface area contributed by atoms with Gasteiger partial charge < -0.3 is 19.6 Å². The third-order valence-corrected chi connectivity index (χ3v) is 9.22. The molecule has 5 fully saturated rings. The van der Waals surface area contributed by atoms with Crippen molar-refractivity contribution < 1.29 is 19.4 Å². The van der Waals surface area contributed by atoms with E-state index in [1.54, 1.807) is 11.0 Å². The van der Waals surface area contributed by atoms with Crippen molar-refractivity contribution in [1.29, 1.82) is 0 Å². The van der Waals surface area contributed by atoms with Crippen LogP contribution >= 0.6 is 11.6 Å². The van der Waals surface area contributed by atoms with Gasteiger partial charge in [0.1, 0.15) is 5.75 Å². The molecule has 0 aromatic heterocycles. The fourth-order valence-electron chi connectivity index (χ4n) is 7.57. The number of aliphatic hydroxyl groups is 1. The molecule has 1 aliphatic heterocycles. The van der Waals surface area contributed by atoms with Crippen molar-refractivity contribution in [3.05, 3.63) is 28.8 Å². The number of nitrogens with zero attached hydrogens (tertiary/aromatic N) is 2. The number of hydrogen-bond donors (Lipinski definition) is 1. The standard InChI is InChI=1S/C27H37ClN2O4/c1-3-29(4-2)24(31)16-34-22-6-5-18(23(28)12-22)11-19-7-8-30(26(19)32)25-20-9-17-10-21(25)15-27(33,13-17)14-20/h5-6,12,17,19-21,25,33H,3-4,7-11,13-16H2,1-2H3. The second-order valence-electron chi connectivity index (χ2n) is 11.0. The van der Waals surface area contributed by atoms with Crippen LogP contribution in [-0.4, -0.2) is 64.6 Å². The number of benzene rings is 1. The van der Waals surface area contributed by atoms with Crippen LogP contribution in [0.2, 0.25) is 5.02 Å². The molecular weight excluding hydrogens is 452 g/mol. The largest absolute Gasteiger partial charge is 0.484 e. The molecule has 3 unspecified atom stereocenters. The Hall–Kier alpha value is -1.79. The Labute approximate surface area is 207 Å². The van der Waals surface area contributed by atoms with E-state index >= 15 is 0 Å². The van der Waals surface area contributed by atoms with Crippen molar-refractivity contribution in [3.63, 3.8) is 0 Å². The van der Waals surface area contributed by atoms with E-state index < -0.39 is 5.60 Å². The molecule has 2 amide bonds. The summed E-state index contributed by atoms with van der Waals surface area (Å²) in [5.74, 6) is 2.29. The second kappa shape index (κ2) is 9.34. The molecule has 5 aliphatic rings. The summed E-state index contributed by atoms with van der Waals surface area (Å²) >= 11 is 6.56. The lowest BCUT2D eigenvalue weighted by molar-refractivity contribution is -0.168. The lowest BCUT2D eigenvalue weighted by Crippen LogP contribution is -2.62. The maximum atomic E-state index is 13.4. The molecule has 1 aromatic rings. The molecule has 1 heterocycles. The molecule has 0 radical (unpaired) electrons. The van der Waals surface area contributed by atoms with Gasteiger partial charge in [0, 0.05) is 36.6 Å². The van der Waals surface area contributed by atoms with E-state index in [4.69, 9.17) is 16.3 Å². The SMILES string of the molecule is CCN(CC)C(=O)COc1ccc(CC2CCN(C3C4CC5CC3CC(O)(C5)C4)C2=O)c(Cl)c1. The zero-order valence-corrected chi connectivity index (χ0v) is 21.1. The van der Waals surface area contributed by atoms with Crippen molar-refractivity contribution in [1.82, 2.24) is 9.80 Å². The van der Waals surface area contributed by atoms with E-state index in [0.717, 1.165) is 37.8 Å². The fourth-order valence-corrected chi connectivity index (χ4v) is 7.82. The number of likely N-dealkylation sites (tertiary alicyclic amines) is 1. The van der Waals surface area contributed by atoms with Gasteiger partial charge in [0.15, 0.2) is 6.61 Å². The third kappa shape index (κ3) is 4.44. The molecule has 1 aromatic carbocycles. The van der Waals surface area contributed by atoms with Gasteiger partial charge in [-0.2, -0.15) is 0 Å². The first-order chi connectivity index (χ1) is 16.3. The Morgan fingerprint density at radius 3 is 2.53 bits per heavy atom. The van der Waals surface area contributed by atoms with Crippen molar-refractivity contribution in [2.75, 3.05) is 26.2 Å². The van der Waals surface area contributed by atoms with Gasteiger partial charge in [-0.25, -0.2) is 0 Å². The van der Waals surface area contributed by atoms with E-state index in [-0.39, 0.29) is 24.3 Å². The fraction of sp³-hybridized carbons (Fsp3) is 0.704. The summed E-state index contributed by atoms with van der Waals surface area (Å²) in [7, 11) is 0. The first kappa shape index (κ1) is 23.9. The summed E-state index contributed by atoms with van der Waals surface area (Å²) in [5.41, 5.74) is 0.478. The molecule has 34 heavy (non-hydrogen) atoms. The zero-order valence-electron chi connectivity index (χ0n) is 20.3. The van der Waals surface area contributed by atoms with Gasteiger partial charge in [0.05, 0.1) is 5.60 Å². The summed E-state index contributed by atoms with van der Waals surface area (Å²) in [6.45, 7) is 6.03. The topological polar surface area (TPSA) is 70.1 Å². The molecule has 3 atom stereocenters. The number of rotatable bonds is 8. The summed E-state index contributed by atoms with van der Waals surface area (Å²) in [6.07, 6.45) is 6.51. The van der Waals surface area contributed by atoms with Gasteiger partial charge in [-0.15, -0.1) is 0 Å². The summed E-state index contributed by atoms with van der Waals surface area (Å²) in [5, 5.41) is 11.5. The lowest BCUT2D eigenvalue weighted by atomic mass is 9.52. The molecule has 4 bridgehead atoms. The van der Waals surface area contributed by atoms with Crippen LogP contribution in [0.25, 0.3) is 0 Å². The van der Waals surface area contributed by atoms with Crippen molar-refractivity contribution in [2.24, 2.45) is 23.7 Å². The molecule has 4 aliphatic carbocycles. The van der Waals surface area contributed by atoms with E-state index in [0.29, 0.717) is 54.1 Å². The third-order valence-electron chi connectivity index (χ3n) is 8.87. The van der Waals surface area contributed by atoms with E-state index in [1.807, 2.05) is 26.0 Å². The number of ether oxygens (including phenoxy) is 1. The monoisotopic (exact) mass is 488 g/mol. The van der Waals surface area contributed by atoms with Crippen LogP contribution in [0.4, 0.5) is 0 Å². The summed E-state index contributed by atoms with van der Waals surface area (Å²) in [4.78, 5) is 29.5. The van der Waals surface area contributed by atoms with Gasteiger partial charge in [-0.05, 0) is 94.2 Å². The minimum absolute atomic E-state index is 0.00681. The van der Waals surface area contributed by atoms with E-state index in [1.165, 1.54) is 12.8 Å². The molecular formula is C27H37ClN2O4. The smallest absolute Gasteiger partial charge is 0.260 e. The van der Waals surface area contributed by atoms with Crippen LogP contribution in [0, 0.1) is 23.7 Å². The van der Waals surface area contributed by atoms with Crippen LogP contribution in [0.5, 0.6) is 5.75 Å². The summed E-state index contributed by atoms with van der Waals surface area (Å²) < 4.78 is 5.67. The molecule has 4 saturated carbocycles. The first-order valence-corrected chi connectivity index (χ1v) is 13.4. The van der Waals surface area contributed by atoms with E-state index in [2.05, 4.69) is 4.90 Å². The lowest BCUT2D eigenvalue weighted by Gasteiger charge is -2.59. The molecule has 186 valence electrons. The van der Waals surface area contributed by atoms with Gasteiger partial charge in [-0.3, -0.25) is 9.59 Å². The van der Waals surface area contributed by atoms with Crippen molar-refractivity contribution in [3.8, 4) is 5.75 Å². The highest BCUT2D eigenvalue weighted by atomic mass is 35.5. The molecule has 6 nitrogen and oxygen atoms in total. The van der Waals surface area contributed by atoms with Crippen LogP contribution in [-0.2, 0) is 16.0 Å². The Kier molecular flexibility index (Phi) is 6.58. The average molecular weight is 489 g/mol. The maximum Gasteiger partial charge on any atom is 0.260 e. The van der Waals surface area contributed by atoms with Crippen molar-refractivity contribution >= 4 is 23.4 Å². The predicted molar refractivity (Wildman–Crippen MR) is 131 cm³/mol. The quantitative estimate of drug-likeness (QED) is 0.602. The summed E-state index contributed by atoms with van der Waals surface area (Å²) in [6, 6.07) is 5.83. The maximum absolute atomic E-state index is 13.4. The minimum Gasteiger partial charge on any atom is -0.484 e. The van der Waals surface area contributed by atoms with Crippen LogP contribution in [0.15, 0.2) is 18.2 Å². The van der Waals surface area contributed by atoms with E-state index in [9.17, 15) is 14.7 Å². The Bertz CT molecular complexity index is 933. The first-order valence-electron chi connectivity index (χ1n) is 13.0. The van der Waals surface area contributed by atoms with Gasteiger partial charge >= 0.3 is 0 Å². The number of hydrogen-bond acceptors (Lipinski definition) is 4. The van der Waals surface area contributed by atoms with Gasteiger partial charge in [0.2, 0.25) is 5.91 Å². The Morgan fingerprint density at radius 2 is 1.91 bits per heavy atom. The Balaban J connectivity index is 1.19. The van der Waals surface area contributed by atoms with Gasteiger partial charge in [0.25, 0.3) is 5.91 Å². The highest BCUT2D eigenvalue weighted by Crippen LogP contribution is 2.57. The highest BCUT2D eigenvalue weighted by Gasteiger charge is 2.57. The second-order valence-corrected chi connectivity index (χ2v) is 11.4. The number of carbonyl (C=O) groups excluding carboxylic acids is 2. The average Bonchev–Trinajstić information content (AvgIpc) is 3.13. The molecule has 1 N–H and O–H groups in total. The number of halogens is 1. The Morgan fingerprint density at radius 1 is 1.21 bits per heavy atom. The number of amides is 2. The van der Waals surface area contributed by atoms with Gasteiger partial charge in [-0.1, -0.05) is 17.7 Å². The predicted octanol–water partition coefficient (Wildman–Crippen LogP) is 3.92. The molecule has 0 spiro atoms. The van der Waals surface area contributed by atoms with Crippen LogP contribution in [0.1, 0.15) is 57.9 Å². The molecule has 7 heteroatoms. The number of likely N-dealkylation sites (N-methyl/N-ethyl adjacent to an activating group) is 1. The minimum atomic E-state index is -0.470.